The van der Waals surface area contributed by atoms with Crippen molar-refractivity contribution in [1.82, 2.24) is 4.31 Å². The Kier molecular flexibility index (Phi) is 3.76. The second kappa shape index (κ2) is 5.33. The van der Waals surface area contributed by atoms with E-state index in [4.69, 9.17) is 5.26 Å². The van der Waals surface area contributed by atoms with E-state index in [1.54, 1.807) is 12.1 Å². The first-order valence-electron chi connectivity index (χ1n) is 5.69. The van der Waals surface area contributed by atoms with E-state index in [2.05, 4.69) is 4.99 Å². The van der Waals surface area contributed by atoms with Crippen molar-refractivity contribution in [3.63, 3.8) is 0 Å². The van der Waals surface area contributed by atoms with Crippen LogP contribution >= 0.6 is 0 Å². The first-order valence-corrected chi connectivity index (χ1v) is 7.13. The molecule has 0 aromatic heterocycles. The fraction of sp³-hybridized carbons (Fsp3) is 0.333. The minimum Gasteiger partial charge on any atom is -0.211 e. The van der Waals surface area contributed by atoms with Crippen LogP contribution in [-0.4, -0.2) is 31.5 Å². The van der Waals surface area contributed by atoms with Gasteiger partial charge in [-0.3, -0.25) is 0 Å². The SMILES string of the molecule is N#Cc1ccccc1S(=O)(=O)N1CCCC1N=C=O. The lowest BCUT2D eigenvalue weighted by Crippen LogP contribution is -2.34. The lowest BCUT2D eigenvalue weighted by Gasteiger charge is -2.20. The maximum Gasteiger partial charge on any atom is 0.246 e. The molecule has 98 valence electrons. The number of hydrogen-bond acceptors (Lipinski definition) is 5. The Morgan fingerprint density at radius 1 is 1.37 bits per heavy atom. The van der Waals surface area contributed by atoms with E-state index in [-0.39, 0.29) is 17.0 Å². The number of nitriles is 1. The highest BCUT2D eigenvalue weighted by Gasteiger charge is 2.36. The molecule has 0 spiro atoms. The predicted octanol–water partition coefficient (Wildman–Crippen LogP) is 1.00. The van der Waals surface area contributed by atoms with Crippen LogP contribution in [0.3, 0.4) is 0 Å². The smallest absolute Gasteiger partial charge is 0.211 e. The van der Waals surface area contributed by atoms with Gasteiger partial charge in [0.1, 0.15) is 17.1 Å². The van der Waals surface area contributed by atoms with E-state index in [0.717, 1.165) is 4.31 Å². The summed E-state index contributed by atoms with van der Waals surface area (Å²) in [5, 5.41) is 8.98. The third-order valence-electron chi connectivity index (χ3n) is 2.97. The number of isocyanates is 1. The van der Waals surface area contributed by atoms with Gasteiger partial charge in [0, 0.05) is 6.54 Å². The number of carbonyl (C=O) groups excluding carboxylic acids is 1. The molecule has 1 saturated heterocycles. The molecule has 0 radical (unpaired) electrons. The molecule has 0 bridgehead atoms. The van der Waals surface area contributed by atoms with Gasteiger partial charge < -0.3 is 0 Å². The summed E-state index contributed by atoms with van der Waals surface area (Å²) in [7, 11) is -3.81. The van der Waals surface area contributed by atoms with Crippen LogP contribution in [0.5, 0.6) is 0 Å². The van der Waals surface area contributed by atoms with E-state index in [9.17, 15) is 13.2 Å². The number of sulfonamides is 1. The molecule has 1 aromatic carbocycles. The van der Waals surface area contributed by atoms with Crippen molar-refractivity contribution in [3.8, 4) is 6.07 Å². The number of benzene rings is 1. The monoisotopic (exact) mass is 277 g/mol. The molecule has 1 aliphatic rings. The molecule has 2 rings (SSSR count). The number of hydrogen-bond donors (Lipinski definition) is 0. The fourth-order valence-corrected chi connectivity index (χ4v) is 3.84. The Balaban J connectivity index is 2.48. The number of rotatable bonds is 3. The summed E-state index contributed by atoms with van der Waals surface area (Å²) in [4.78, 5) is 13.8. The molecule has 7 heteroatoms. The van der Waals surface area contributed by atoms with Gasteiger partial charge in [0.25, 0.3) is 0 Å². The largest absolute Gasteiger partial charge is 0.246 e. The number of aliphatic imine (C=N–C) groups is 1. The molecular formula is C12H11N3O3S. The molecule has 1 heterocycles. The van der Waals surface area contributed by atoms with Crippen molar-refractivity contribution in [3.05, 3.63) is 29.8 Å². The zero-order valence-corrected chi connectivity index (χ0v) is 10.8. The zero-order valence-electron chi connectivity index (χ0n) is 9.98. The Bertz CT molecular complexity index is 672. The molecule has 1 aromatic rings. The first kappa shape index (κ1) is 13.4. The van der Waals surface area contributed by atoms with E-state index in [1.165, 1.54) is 18.2 Å². The number of nitrogens with zero attached hydrogens (tertiary/aromatic N) is 3. The molecule has 1 aliphatic heterocycles. The third-order valence-corrected chi connectivity index (χ3v) is 4.92. The van der Waals surface area contributed by atoms with Crippen molar-refractivity contribution in [1.29, 1.82) is 5.26 Å². The van der Waals surface area contributed by atoms with Gasteiger partial charge in [0.2, 0.25) is 16.1 Å². The molecule has 0 amide bonds. The molecule has 6 nitrogen and oxygen atoms in total. The Morgan fingerprint density at radius 3 is 2.79 bits per heavy atom. The highest BCUT2D eigenvalue weighted by molar-refractivity contribution is 7.89. The molecule has 1 fully saturated rings. The van der Waals surface area contributed by atoms with Crippen molar-refractivity contribution in [2.75, 3.05) is 6.54 Å². The average Bonchev–Trinajstić information content (AvgIpc) is 2.88. The van der Waals surface area contributed by atoms with Crippen LogP contribution in [-0.2, 0) is 14.8 Å². The van der Waals surface area contributed by atoms with Gasteiger partial charge in [-0.25, -0.2) is 13.2 Å². The maximum atomic E-state index is 12.5. The minimum absolute atomic E-state index is 0.0505. The van der Waals surface area contributed by atoms with Gasteiger partial charge in [-0.15, -0.1) is 0 Å². The highest BCUT2D eigenvalue weighted by atomic mass is 32.2. The van der Waals surface area contributed by atoms with Crippen LogP contribution < -0.4 is 0 Å². The summed E-state index contributed by atoms with van der Waals surface area (Å²) in [6.07, 6.45) is 1.80. The van der Waals surface area contributed by atoms with Gasteiger partial charge in [-0.1, -0.05) is 12.1 Å². The highest BCUT2D eigenvalue weighted by Crippen LogP contribution is 2.28. The lowest BCUT2D eigenvalue weighted by atomic mass is 10.2. The van der Waals surface area contributed by atoms with E-state index in [1.807, 2.05) is 6.07 Å². The second-order valence-corrected chi connectivity index (χ2v) is 5.93. The maximum absolute atomic E-state index is 12.5. The summed E-state index contributed by atoms with van der Waals surface area (Å²) < 4.78 is 26.1. The van der Waals surface area contributed by atoms with E-state index >= 15 is 0 Å². The molecular weight excluding hydrogens is 266 g/mol. The average molecular weight is 277 g/mol. The van der Waals surface area contributed by atoms with Crippen LogP contribution in [0.4, 0.5) is 0 Å². The zero-order chi connectivity index (χ0) is 13.9. The van der Waals surface area contributed by atoms with Crippen molar-refractivity contribution >= 4 is 16.1 Å². The second-order valence-electron chi connectivity index (χ2n) is 4.07. The molecule has 1 atom stereocenters. The molecule has 0 N–H and O–H groups in total. The molecule has 19 heavy (non-hydrogen) atoms. The van der Waals surface area contributed by atoms with Gasteiger partial charge in [-0.2, -0.15) is 14.6 Å². The van der Waals surface area contributed by atoms with Crippen molar-refractivity contribution < 1.29 is 13.2 Å². The summed E-state index contributed by atoms with van der Waals surface area (Å²) in [6, 6.07) is 7.84. The van der Waals surface area contributed by atoms with Crippen molar-refractivity contribution in [2.45, 2.75) is 23.9 Å². The van der Waals surface area contributed by atoms with Crippen LogP contribution in [0.1, 0.15) is 18.4 Å². The topological polar surface area (TPSA) is 90.6 Å². The summed E-state index contributed by atoms with van der Waals surface area (Å²) in [5.41, 5.74) is 0.0863. The molecule has 0 saturated carbocycles. The lowest BCUT2D eigenvalue weighted by molar-refractivity contribution is 0.395. The summed E-state index contributed by atoms with van der Waals surface area (Å²) >= 11 is 0. The standard InChI is InChI=1S/C12H11N3O3S/c13-8-10-4-1-2-5-11(10)19(17,18)15-7-3-6-12(15)14-9-16/h1-2,4-5,12H,3,6-7H2. The van der Waals surface area contributed by atoms with Gasteiger partial charge in [0.05, 0.1) is 5.56 Å². The molecule has 1 unspecified atom stereocenters. The molecule has 0 aliphatic carbocycles. The van der Waals surface area contributed by atoms with Crippen LogP contribution in [0.25, 0.3) is 0 Å². The fourth-order valence-electron chi connectivity index (χ4n) is 2.10. The Morgan fingerprint density at radius 2 is 2.11 bits per heavy atom. The third kappa shape index (κ3) is 2.42. The first-order chi connectivity index (χ1) is 9.11. The van der Waals surface area contributed by atoms with E-state index < -0.39 is 16.2 Å². The van der Waals surface area contributed by atoms with Gasteiger partial charge in [0.15, 0.2) is 0 Å². The van der Waals surface area contributed by atoms with Crippen molar-refractivity contribution in [2.24, 2.45) is 4.99 Å². The summed E-state index contributed by atoms with van der Waals surface area (Å²) in [5.74, 6) is 0. The van der Waals surface area contributed by atoms with Crippen LogP contribution in [0, 0.1) is 11.3 Å². The normalized spacial score (nSPS) is 19.6. The Labute approximate surface area is 111 Å². The van der Waals surface area contributed by atoms with Crippen LogP contribution in [0.2, 0.25) is 0 Å². The van der Waals surface area contributed by atoms with Gasteiger partial charge in [-0.05, 0) is 25.0 Å². The summed E-state index contributed by atoms with van der Waals surface area (Å²) in [6.45, 7) is 0.290. The van der Waals surface area contributed by atoms with E-state index in [0.29, 0.717) is 12.8 Å². The quantitative estimate of drug-likeness (QED) is 0.609. The predicted molar refractivity (Wildman–Crippen MR) is 66.2 cm³/mol. The minimum atomic E-state index is -3.81. The van der Waals surface area contributed by atoms with Crippen LogP contribution in [0.15, 0.2) is 34.2 Å². The van der Waals surface area contributed by atoms with Gasteiger partial charge >= 0.3 is 0 Å². The Hall–Kier alpha value is -2.00.